The van der Waals surface area contributed by atoms with E-state index in [4.69, 9.17) is 9.72 Å². The van der Waals surface area contributed by atoms with Crippen molar-refractivity contribution in [1.29, 1.82) is 0 Å². The normalized spacial score (nSPS) is 11.3. The molecule has 0 atom stereocenters. The number of hydrogen-bond acceptors (Lipinski definition) is 4. The highest BCUT2D eigenvalue weighted by Gasteiger charge is 2.21. The summed E-state index contributed by atoms with van der Waals surface area (Å²) in [7, 11) is 1.62. The van der Waals surface area contributed by atoms with Crippen molar-refractivity contribution in [2.45, 2.75) is 40.2 Å². The van der Waals surface area contributed by atoms with Gasteiger partial charge in [-0.25, -0.2) is 9.37 Å². The predicted octanol–water partition coefficient (Wildman–Crippen LogP) is 4.67. The molecule has 26 heavy (non-hydrogen) atoms. The van der Waals surface area contributed by atoms with Crippen molar-refractivity contribution in [3.63, 3.8) is 0 Å². The number of aromatic nitrogens is 2. The third-order valence-corrected chi connectivity index (χ3v) is 5.47. The summed E-state index contributed by atoms with van der Waals surface area (Å²) in [5.41, 5.74) is 2.64. The van der Waals surface area contributed by atoms with Gasteiger partial charge in [-0.05, 0) is 32.4 Å². The fourth-order valence-corrected chi connectivity index (χ4v) is 4.35. The van der Waals surface area contributed by atoms with E-state index in [0.29, 0.717) is 28.2 Å². The Morgan fingerprint density at radius 1 is 1.31 bits per heavy atom. The van der Waals surface area contributed by atoms with E-state index in [-0.39, 0.29) is 12.1 Å². The Kier molecular flexibility index (Phi) is 5.41. The van der Waals surface area contributed by atoms with Gasteiger partial charge in [0.25, 0.3) is 5.56 Å². The summed E-state index contributed by atoms with van der Waals surface area (Å²) in [4.78, 5) is 19.7. The van der Waals surface area contributed by atoms with Gasteiger partial charge in [0.15, 0.2) is 0 Å². The number of alkyl halides is 1. The summed E-state index contributed by atoms with van der Waals surface area (Å²) in [6.07, 6.45) is 1.51. The molecule has 2 heterocycles. The second-order valence-electron chi connectivity index (χ2n) is 6.34. The lowest BCUT2D eigenvalue weighted by molar-refractivity contribution is 0.416. The second-order valence-corrected chi connectivity index (χ2v) is 7.54. The Balaban J connectivity index is 2.38. The first-order valence-electron chi connectivity index (χ1n) is 8.75. The predicted molar refractivity (Wildman–Crippen MR) is 105 cm³/mol. The maximum absolute atomic E-state index is 13.2. The molecule has 6 heteroatoms. The first kappa shape index (κ1) is 18.6. The minimum absolute atomic E-state index is 0.0381. The van der Waals surface area contributed by atoms with Gasteiger partial charge < -0.3 is 4.74 Å². The van der Waals surface area contributed by atoms with Crippen molar-refractivity contribution < 1.29 is 9.13 Å². The summed E-state index contributed by atoms with van der Waals surface area (Å²) in [5, 5.41) is 0.560. The van der Waals surface area contributed by atoms with E-state index in [9.17, 15) is 9.18 Å². The molecule has 2 aromatic heterocycles. The molecule has 0 fully saturated rings. The fourth-order valence-electron chi connectivity index (χ4n) is 3.31. The van der Waals surface area contributed by atoms with Crippen LogP contribution in [-0.2, 0) is 13.0 Å². The van der Waals surface area contributed by atoms with Gasteiger partial charge in [-0.2, -0.15) is 0 Å². The average Bonchev–Trinajstić information content (AvgIpc) is 2.94. The van der Waals surface area contributed by atoms with E-state index in [1.807, 2.05) is 39.0 Å². The summed E-state index contributed by atoms with van der Waals surface area (Å²) in [6, 6.07) is 5.91. The number of nitrogens with zero attached hydrogens (tertiary/aromatic N) is 2. The number of benzene rings is 1. The van der Waals surface area contributed by atoms with Crippen molar-refractivity contribution in [1.82, 2.24) is 9.55 Å². The fraction of sp³-hybridized carbons (Fsp3) is 0.400. The lowest BCUT2D eigenvalue weighted by atomic mass is 10.0. The molecule has 0 aliphatic heterocycles. The zero-order valence-electron chi connectivity index (χ0n) is 15.6. The number of hydrogen-bond donors (Lipinski definition) is 0. The lowest BCUT2D eigenvalue weighted by Gasteiger charge is -2.12. The Morgan fingerprint density at radius 3 is 2.73 bits per heavy atom. The van der Waals surface area contributed by atoms with Crippen LogP contribution in [0.1, 0.15) is 29.6 Å². The third-order valence-electron chi connectivity index (χ3n) is 4.47. The molecular formula is C20H23FN2O2S. The van der Waals surface area contributed by atoms with E-state index in [1.54, 1.807) is 7.11 Å². The molecule has 3 aromatic rings. The first-order chi connectivity index (χ1) is 12.5. The molecule has 138 valence electrons. The van der Waals surface area contributed by atoms with Gasteiger partial charge in [0.05, 0.1) is 19.0 Å². The highest BCUT2D eigenvalue weighted by atomic mass is 32.1. The molecule has 0 aliphatic rings. The van der Waals surface area contributed by atoms with Crippen LogP contribution in [0.3, 0.4) is 0 Å². The van der Waals surface area contributed by atoms with Crippen molar-refractivity contribution in [3.8, 4) is 16.9 Å². The van der Waals surface area contributed by atoms with Gasteiger partial charge in [0.2, 0.25) is 0 Å². The Labute approximate surface area is 156 Å². The SMILES string of the molecule is CCCc1nc2sc(C)c(-c3cc(C)ccc3OC)c2c(=O)n1CCF. The van der Waals surface area contributed by atoms with E-state index in [0.717, 1.165) is 28.0 Å². The van der Waals surface area contributed by atoms with E-state index in [1.165, 1.54) is 15.9 Å². The summed E-state index contributed by atoms with van der Waals surface area (Å²) < 4.78 is 20.1. The average molecular weight is 374 g/mol. The van der Waals surface area contributed by atoms with Gasteiger partial charge in [-0.3, -0.25) is 9.36 Å². The molecule has 3 rings (SSSR count). The smallest absolute Gasteiger partial charge is 0.263 e. The van der Waals surface area contributed by atoms with Gasteiger partial charge in [-0.15, -0.1) is 11.3 Å². The first-order valence-corrected chi connectivity index (χ1v) is 9.57. The summed E-state index contributed by atoms with van der Waals surface area (Å²) in [6.45, 7) is 5.47. The minimum Gasteiger partial charge on any atom is -0.496 e. The molecular weight excluding hydrogens is 351 g/mol. The summed E-state index contributed by atoms with van der Waals surface area (Å²) >= 11 is 1.51. The molecule has 0 aliphatic carbocycles. The van der Waals surface area contributed by atoms with Gasteiger partial charge >= 0.3 is 0 Å². The van der Waals surface area contributed by atoms with Crippen LogP contribution in [0.25, 0.3) is 21.3 Å². The topological polar surface area (TPSA) is 44.1 Å². The quantitative estimate of drug-likeness (QED) is 0.630. The van der Waals surface area contributed by atoms with Crippen molar-refractivity contribution in [2.75, 3.05) is 13.8 Å². The molecule has 0 spiro atoms. The van der Waals surface area contributed by atoms with Crippen LogP contribution in [0, 0.1) is 13.8 Å². The molecule has 0 unspecified atom stereocenters. The molecule has 0 saturated heterocycles. The number of ether oxygens (including phenoxy) is 1. The van der Waals surface area contributed by atoms with E-state index in [2.05, 4.69) is 0 Å². The lowest BCUT2D eigenvalue weighted by Crippen LogP contribution is -2.26. The van der Waals surface area contributed by atoms with Crippen LogP contribution >= 0.6 is 11.3 Å². The van der Waals surface area contributed by atoms with Crippen LogP contribution < -0.4 is 10.3 Å². The molecule has 1 aromatic carbocycles. The molecule has 4 nitrogen and oxygen atoms in total. The van der Waals surface area contributed by atoms with Crippen LogP contribution in [0.4, 0.5) is 4.39 Å². The number of methoxy groups -OCH3 is 1. The van der Waals surface area contributed by atoms with Crippen LogP contribution in [0.15, 0.2) is 23.0 Å². The second kappa shape index (κ2) is 7.58. The van der Waals surface area contributed by atoms with Crippen LogP contribution in [0.2, 0.25) is 0 Å². The Morgan fingerprint density at radius 2 is 2.08 bits per heavy atom. The van der Waals surface area contributed by atoms with Crippen LogP contribution in [-0.4, -0.2) is 23.3 Å². The zero-order valence-corrected chi connectivity index (χ0v) is 16.4. The van der Waals surface area contributed by atoms with Crippen LogP contribution in [0.5, 0.6) is 5.75 Å². The van der Waals surface area contributed by atoms with E-state index < -0.39 is 6.67 Å². The minimum atomic E-state index is -0.587. The summed E-state index contributed by atoms with van der Waals surface area (Å²) in [5.74, 6) is 1.37. The molecule has 0 N–H and O–H groups in total. The maximum atomic E-state index is 13.2. The van der Waals surface area contributed by atoms with Crippen molar-refractivity contribution in [2.24, 2.45) is 0 Å². The molecule has 0 radical (unpaired) electrons. The van der Waals surface area contributed by atoms with Gasteiger partial charge in [0, 0.05) is 22.4 Å². The number of halogens is 1. The number of aryl methyl sites for hydroxylation is 3. The largest absolute Gasteiger partial charge is 0.496 e. The zero-order chi connectivity index (χ0) is 18.8. The van der Waals surface area contributed by atoms with Crippen molar-refractivity contribution >= 4 is 21.6 Å². The highest BCUT2D eigenvalue weighted by Crippen LogP contribution is 2.40. The number of fused-ring (bicyclic) bond motifs is 1. The monoisotopic (exact) mass is 374 g/mol. The highest BCUT2D eigenvalue weighted by molar-refractivity contribution is 7.19. The molecule has 0 amide bonds. The van der Waals surface area contributed by atoms with Gasteiger partial charge in [0.1, 0.15) is 23.1 Å². The third kappa shape index (κ3) is 3.14. The molecule has 0 bridgehead atoms. The molecule has 0 saturated carbocycles. The van der Waals surface area contributed by atoms with Gasteiger partial charge in [-0.1, -0.05) is 18.6 Å². The number of thiophene rings is 1. The Bertz CT molecular complexity index is 1010. The van der Waals surface area contributed by atoms with Crippen molar-refractivity contribution in [3.05, 3.63) is 44.8 Å². The standard InChI is InChI=1S/C20H23FN2O2S/c1-5-6-16-22-19-18(20(24)23(16)10-9-21)17(13(3)26-19)14-11-12(2)7-8-15(14)25-4/h7-8,11H,5-6,9-10H2,1-4H3. The Hall–Kier alpha value is -2.21. The number of rotatable bonds is 6. The maximum Gasteiger partial charge on any atom is 0.263 e. The van der Waals surface area contributed by atoms with E-state index >= 15 is 0 Å².